The summed E-state index contributed by atoms with van der Waals surface area (Å²) in [6, 6.07) is 6.99. The van der Waals surface area contributed by atoms with Gasteiger partial charge in [-0.3, -0.25) is 0 Å². The first-order chi connectivity index (χ1) is 7.44. The van der Waals surface area contributed by atoms with Gasteiger partial charge in [0.05, 0.1) is 7.11 Å². The van der Waals surface area contributed by atoms with Crippen LogP contribution in [0.25, 0.3) is 0 Å². The quantitative estimate of drug-likeness (QED) is 0.466. The molecule has 1 aromatic carbocycles. The molecule has 2 atom stereocenters. The van der Waals surface area contributed by atoms with Crippen molar-refractivity contribution >= 4 is 29.2 Å². The molecule has 0 spiro atoms. The van der Waals surface area contributed by atoms with Crippen molar-refractivity contribution in [3.05, 3.63) is 34.9 Å². The van der Waals surface area contributed by atoms with Gasteiger partial charge in [0.1, 0.15) is 5.60 Å². The number of carbonyl (C=O) groups is 1. The van der Waals surface area contributed by atoms with E-state index >= 15 is 0 Å². The molecule has 1 heterocycles. The predicted molar refractivity (Wildman–Crippen MR) is 60.5 cm³/mol. The number of methoxy groups -OCH3 is 1. The maximum Gasteiger partial charge on any atom is 0.357 e. The monoisotopic (exact) mass is 260 g/mol. The second-order valence-corrected chi connectivity index (χ2v) is 4.70. The maximum absolute atomic E-state index is 11.4. The summed E-state index contributed by atoms with van der Waals surface area (Å²) < 4.78 is 9.91. The highest BCUT2D eigenvalue weighted by Gasteiger charge is 2.73. The molecule has 3 nitrogen and oxygen atoms in total. The fourth-order valence-corrected chi connectivity index (χ4v) is 2.10. The first-order valence-electron chi connectivity index (χ1n) is 4.67. The van der Waals surface area contributed by atoms with Crippen molar-refractivity contribution in [1.82, 2.24) is 0 Å². The molecule has 1 aromatic rings. The number of hydrogen-bond acceptors (Lipinski definition) is 3. The number of halogens is 2. The van der Waals surface area contributed by atoms with Crippen molar-refractivity contribution in [2.24, 2.45) is 0 Å². The molecule has 1 saturated heterocycles. The van der Waals surface area contributed by atoms with Gasteiger partial charge in [-0.1, -0.05) is 35.3 Å². The third-order valence-electron chi connectivity index (χ3n) is 2.76. The van der Waals surface area contributed by atoms with Crippen LogP contribution in [-0.2, 0) is 19.9 Å². The number of epoxide rings is 1. The Labute approximate surface area is 103 Å². The van der Waals surface area contributed by atoms with E-state index < -0.39 is 16.6 Å². The molecule has 2 unspecified atom stereocenters. The van der Waals surface area contributed by atoms with Crippen LogP contribution in [0.15, 0.2) is 24.3 Å². The molecule has 0 saturated carbocycles. The Hall–Kier alpha value is -0.770. The van der Waals surface area contributed by atoms with E-state index in [1.807, 2.05) is 0 Å². The Morgan fingerprint density at radius 1 is 1.38 bits per heavy atom. The van der Waals surface area contributed by atoms with Crippen molar-refractivity contribution in [3.8, 4) is 0 Å². The normalized spacial score (nSPS) is 32.2. The number of ether oxygens (including phenoxy) is 2. The van der Waals surface area contributed by atoms with E-state index in [2.05, 4.69) is 4.74 Å². The van der Waals surface area contributed by atoms with E-state index in [-0.39, 0.29) is 0 Å². The summed E-state index contributed by atoms with van der Waals surface area (Å²) in [5.74, 6) is -0.591. The van der Waals surface area contributed by atoms with Crippen LogP contribution in [0.2, 0.25) is 5.02 Å². The highest BCUT2D eigenvalue weighted by molar-refractivity contribution is 6.36. The van der Waals surface area contributed by atoms with Gasteiger partial charge in [0.15, 0.2) is 0 Å². The molecule has 5 heteroatoms. The van der Waals surface area contributed by atoms with Crippen LogP contribution >= 0.6 is 23.2 Å². The van der Waals surface area contributed by atoms with Gasteiger partial charge >= 0.3 is 5.97 Å². The molecule has 1 aliphatic rings. The topological polar surface area (TPSA) is 38.8 Å². The van der Waals surface area contributed by atoms with E-state index in [9.17, 15) is 4.79 Å². The molecule has 0 N–H and O–H groups in total. The number of carbonyl (C=O) groups excluding carboxylic acids is 1. The molecule has 2 rings (SSSR count). The van der Waals surface area contributed by atoms with Crippen molar-refractivity contribution in [2.75, 3.05) is 7.11 Å². The Balaban J connectivity index is 2.30. The van der Waals surface area contributed by atoms with Gasteiger partial charge in [0, 0.05) is 5.02 Å². The molecule has 0 bridgehead atoms. The number of rotatable bonds is 2. The first-order valence-corrected chi connectivity index (χ1v) is 5.43. The average Bonchev–Trinajstić information content (AvgIpc) is 2.84. The summed E-state index contributed by atoms with van der Waals surface area (Å²) in [4.78, 5) is 11.4. The van der Waals surface area contributed by atoms with Crippen LogP contribution in [0.3, 0.4) is 0 Å². The minimum Gasteiger partial charge on any atom is -0.466 e. The zero-order valence-corrected chi connectivity index (χ0v) is 10.3. The summed E-state index contributed by atoms with van der Waals surface area (Å²) in [5, 5.41) is -0.804. The van der Waals surface area contributed by atoms with Crippen LogP contribution in [0.4, 0.5) is 0 Å². The molecule has 0 radical (unpaired) electrons. The lowest BCUT2D eigenvalue weighted by Crippen LogP contribution is -2.26. The molecule has 1 aliphatic heterocycles. The number of benzene rings is 1. The molecule has 86 valence electrons. The summed E-state index contributed by atoms with van der Waals surface area (Å²) >= 11 is 11.8. The van der Waals surface area contributed by atoms with E-state index in [1.54, 1.807) is 31.2 Å². The molecular formula is C11H10Cl2O3. The Morgan fingerprint density at radius 3 is 2.44 bits per heavy atom. The highest BCUT2D eigenvalue weighted by Crippen LogP contribution is 2.58. The van der Waals surface area contributed by atoms with E-state index in [0.717, 1.165) is 5.56 Å². The van der Waals surface area contributed by atoms with Crippen LogP contribution in [-0.4, -0.2) is 18.1 Å². The molecule has 0 aromatic heterocycles. The fourth-order valence-electron chi connectivity index (χ4n) is 1.64. The van der Waals surface area contributed by atoms with Crippen molar-refractivity contribution in [3.63, 3.8) is 0 Å². The predicted octanol–water partition coefficient (Wildman–Crippen LogP) is 2.69. The summed E-state index contributed by atoms with van der Waals surface area (Å²) in [6.07, 6.45) is 0. The Bertz CT molecular complexity index is 431. The highest BCUT2D eigenvalue weighted by atomic mass is 35.5. The standard InChI is InChI=1S/C11H10Cl2O3/c1-10(7-3-5-8(12)6-4-7)11(13,16-10)9(14)15-2/h3-6H,1-2H3. The third-order valence-corrected chi connectivity index (χ3v) is 3.60. The average molecular weight is 261 g/mol. The van der Waals surface area contributed by atoms with Crippen molar-refractivity contribution < 1.29 is 14.3 Å². The minimum absolute atomic E-state index is 0.591. The molecule has 16 heavy (non-hydrogen) atoms. The SMILES string of the molecule is COC(=O)C1(Cl)OC1(C)c1ccc(Cl)cc1. The number of hydrogen-bond donors (Lipinski definition) is 0. The first kappa shape index (κ1) is 11.7. The van der Waals surface area contributed by atoms with Gasteiger partial charge in [-0.15, -0.1) is 0 Å². The fraction of sp³-hybridized carbons (Fsp3) is 0.364. The molecule has 0 amide bonds. The number of alkyl halides is 1. The van der Waals surface area contributed by atoms with Gasteiger partial charge < -0.3 is 9.47 Å². The van der Waals surface area contributed by atoms with Gasteiger partial charge in [-0.25, -0.2) is 4.79 Å². The Morgan fingerprint density at radius 2 is 1.94 bits per heavy atom. The smallest absolute Gasteiger partial charge is 0.357 e. The second-order valence-electron chi connectivity index (χ2n) is 3.73. The van der Waals surface area contributed by atoms with Crippen LogP contribution < -0.4 is 0 Å². The van der Waals surface area contributed by atoms with E-state index in [0.29, 0.717) is 5.02 Å². The zero-order chi connectivity index (χ0) is 12.0. The molecular weight excluding hydrogens is 251 g/mol. The summed E-state index contributed by atoms with van der Waals surface area (Å²) in [7, 11) is 1.27. The maximum atomic E-state index is 11.4. The Kier molecular flexibility index (Phi) is 2.65. The lowest BCUT2D eigenvalue weighted by atomic mass is 9.97. The minimum atomic E-state index is -1.42. The van der Waals surface area contributed by atoms with Gasteiger partial charge in [-0.05, 0) is 24.6 Å². The van der Waals surface area contributed by atoms with Crippen LogP contribution in [0.1, 0.15) is 12.5 Å². The molecule has 0 aliphatic carbocycles. The lowest BCUT2D eigenvalue weighted by Gasteiger charge is -2.09. The summed E-state index contributed by atoms with van der Waals surface area (Å²) in [5.41, 5.74) is -0.0658. The molecule has 1 fully saturated rings. The second kappa shape index (κ2) is 3.62. The van der Waals surface area contributed by atoms with Crippen molar-refractivity contribution in [1.29, 1.82) is 0 Å². The number of esters is 1. The van der Waals surface area contributed by atoms with E-state index in [4.69, 9.17) is 27.9 Å². The third kappa shape index (κ3) is 1.51. The van der Waals surface area contributed by atoms with Crippen molar-refractivity contribution in [2.45, 2.75) is 17.6 Å². The van der Waals surface area contributed by atoms with Gasteiger partial charge in [0.2, 0.25) is 0 Å². The summed E-state index contributed by atoms with van der Waals surface area (Å²) in [6.45, 7) is 1.74. The van der Waals surface area contributed by atoms with Crippen LogP contribution in [0, 0.1) is 0 Å². The van der Waals surface area contributed by atoms with Gasteiger partial charge in [-0.2, -0.15) is 0 Å². The van der Waals surface area contributed by atoms with Gasteiger partial charge in [0.25, 0.3) is 5.06 Å². The largest absolute Gasteiger partial charge is 0.466 e. The zero-order valence-electron chi connectivity index (χ0n) is 8.79. The lowest BCUT2D eigenvalue weighted by molar-refractivity contribution is -0.143. The van der Waals surface area contributed by atoms with Crippen LogP contribution in [0.5, 0.6) is 0 Å². The van der Waals surface area contributed by atoms with E-state index in [1.165, 1.54) is 7.11 Å².